The largest absolute Gasteiger partial charge is 0.493 e. The van der Waals surface area contributed by atoms with Gasteiger partial charge in [0.15, 0.2) is 5.69 Å². The maximum Gasteiger partial charge on any atom is 0.166 e. The van der Waals surface area contributed by atoms with Crippen LogP contribution in [-0.4, -0.2) is 16.6 Å². The van der Waals surface area contributed by atoms with Gasteiger partial charge in [-0.2, -0.15) is 5.26 Å². The van der Waals surface area contributed by atoms with E-state index in [1.807, 2.05) is 19.1 Å². The summed E-state index contributed by atoms with van der Waals surface area (Å²) >= 11 is 0. The molecule has 2 aromatic rings. The van der Waals surface area contributed by atoms with Gasteiger partial charge in [0.1, 0.15) is 17.6 Å². The van der Waals surface area contributed by atoms with Crippen molar-refractivity contribution in [1.82, 2.24) is 9.97 Å². The summed E-state index contributed by atoms with van der Waals surface area (Å²) in [6, 6.07) is 8.08. The third-order valence-corrected chi connectivity index (χ3v) is 2.91. The van der Waals surface area contributed by atoms with E-state index in [1.54, 1.807) is 0 Å². The Balaban J connectivity index is 2.13. The number of rotatable bonds is 1. The standard InChI is InChI=1S/C13H11N3O/c1-8-15-11(7-14)13(16-8)10-2-3-12-9(6-10)4-5-17-12/h2-3,6H,4-5H2,1H3,(H,15,16). The molecule has 4 heteroatoms. The Hall–Kier alpha value is -2.28. The first-order chi connectivity index (χ1) is 8.28. The maximum absolute atomic E-state index is 9.03. The number of imidazole rings is 1. The molecule has 84 valence electrons. The van der Waals surface area contributed by atoms with Gasteiger partial charge in [0.2, 0.25) is 0 Å². The second kappa shape index (κ2) is 3.63. The molecule has 2 heterocycles. The molecule has 1 aromatic heterocycles. The van der Waals surface area contributed by atoms with Gasteiger partial charge in [-0.25, -0.2) is 4.98 Å². The molecule has 4 nitrogen and oxygen atoms in total. The van der Waals surface area contributed by atoms with Crippen LogP contribution in [0.2, 0.25) is 0 Å². The van der Waals surface area contributed by atoms with Gasteiger partial charge >= 0.3 is 0 Å². The molecule has 0 atom stereocenters. The van der Waals surface area contributed by atoms with Crippen molar-refractivity contribution in [2.75, 3.05) is 6.61 Å². The quantitative estimate of drug-likeness (QED) is 0.809. The van der Waals surface area contributed by atoms with Crippen molar-refractivity contribution in [2.45, 2.75) is 13.3 Å². The number of aromatic amines is 1. The Morgan fingerprint density at radius 3 is 3.18 bits per heavy atom. The van der Waals surface area contributed by atoms with E-state index in [0.717, 1.165) is 35.9 Å². The molecule has 0 fully saturated rings. The molecule has 0 unspecified atom stereocenters. The molecule has 3 rings (SSSR count). The van der Waals surface area contributed by atoms with Gasteiger partial charge in [0.05, 0.1) is 12.3 Å². The van der Waals surface area contributed by atoms with Gasteiger partial charge < -0.3 is 9.72 Å². The van der Waals surface area contributed by atoms with Crippen molar-refractivity contribution in [3.8, 4) is 23.1 Å². The molecule has 1 aliphatic heterocycles. The smallest absolute Gasteiger partial charge is 0.166 e. The number of hydrogen-bond donors (Lipinski definition) is 1. The highest BCUT2D eigenvalue weighted by molar-refractivity contribution is 5.67. The molecule has 0 spiro atoms. The highest BCUT2D eigenvalue weighted by Gasteiger charge is 2.15. The van der Waals surface area contributed by atoms with Gasteiger partial charge in [-0.05, 0) is 30.7 Å². The highest BCUT2D eigenvalue weighted by Crippen LogP contribution is 2.30. The van der Waals surface area contributed by atoms with Gasteiger partial charge in [-0.1, -0.05) is 0 Å². The fourth-order valence-electron chi connectivity index (χ4n) is 2.12. The van der Waals surface area contributed by atoms with E-state index in [4.69, 9.17) is 10.00 Å². The lowest BCUT2D eigenvalue weighted by atomic mass is 10.1. The monoisotopic (exact) mass is 225 g/mol. The fourth-order valence-corrected chi connectivity index (χ4v) is 2.12. The lowest BCUT2D eigenvalue weighted by Gasteiger charge is -2.02. The number of aryl methyl sites for hydroxylation is 1. The zero-order valence-corrected chi connectivity index (χ0v) is 9.45. The number of hydrogen-bond acceptors (Lipinski definition) is 3. The molecular formula is C13H11N3O. The molecule has 17 heavy (non-hydrogen) atoms. The van der Waals surface area contributed by atoms with Gasteiger partial charge in [-0.3, -0.25) is 0 Å². The van der Waals surface area contributed by atoms with E-state index < -0.39 is 0 Å². The summed E-state index contributed by atoms with van der Waals surface area (Å²) in [5.41, 5.74) is 3.42. The summed E-state index contributed by atoms with van der Waals surface area (Å²) in [5.74, 6) is 1.71. The molecule has 0 aliphatic carbocycles. The van der Waals surface area contributed by atoms with Crippen molar-refractivity contribution in [3.05, 3.63) is 35.3 Å². The summed E-state index contributed by atoms with van der Waals surface area (Å²) in [5, 5.41) is 9.03. The Kier molecular flexibility index (Phi) is 2.12. The lowest BCUT2D eigenvalue weighted by Crippen LogP contribution is -1.85. The van der Waals surface area contributed by atoms with Gasteiger partial charge in [0.25, 0.3) is 0 Å². The number of nitrogens with one attached hydrogen (secondary N) is 1. The van der Waals surface area contributed by atoms with Crippen LogP contribution < -0.4 is 4.74 Å². The van der Waals surface area contributed by atoms with E-state index >= 15 is 0 Å². The normalized spacial score (nSPS) is 12.9. The highest BCUT2D eigenvalue weighted by atomic mass is 16.5. The molecule has 0 radical (unpaired) electrons. The van der Waals surface area contributed by atoms with E-state index in [2.05, 4.69) is 22.1 Å². The fraction of sp³-hybridized carbons (Fsp3) is 0.231. The van der Waals surface area contributed by atoms with Crippen molar-refractivity contribution < 1.29 is 4.74 Å². The predicted octanol–water partition coefficient (Wildman–Crippen LogP) is 2.19. The first-order valence-electron chi connectivity index (χ1n) is 5.51. The Morgan fingerprint density at radius 1 is 1.47 bits per heavy atom. The number of benzene rings is 1. The summed E-state index contributed by atoms with van der Waals surface area (Å²) in [6.07, 6.45) is 0.929. The molecule has 0 bridgehead atoms. The van der Waals surface area contributed by atoms with Crippen LogP contribution in [0.15, 0.2) is 18.2 Å². The van der Waals surface area contributed by atoms with Crippen LogP contribution in [0.4, 0.5) is 0 Å². The first-order valence-corrected chi connectivity index (χ1v) is 5.51. The molecule has 0 saturated carbocycles. The minimum atomic E-state index is 0.446. The molecule has 1 N–H and O–H groups in total. The van der Waals surface area contributed by atoms with Crippen LogP contribution in [0.25, 0.3) is 11.3 Å². The third kappa shape index (κ3) is 1.56. The zero-order chi connectivity index (χ0) is 11.8. The van der Waals surface area contributed by atoms with Gasteiger partial charge in [-0.15, -0.1) is 0 Å². The van der Waals surface area contributed by atoms with Crippen molar-refractivity contribution in [2.24, 2.45) is 0 Å². The van der Waals surface area contributed by atoms with Crippen molar-refractivity contribution in [1.29, 1.82) is 5.26 Å². The van der Waals surface area contributed by atoms with Crippen molar-refractivity contribution >= 4 is 0 Å². The average Bonchev–Trinajstić information content (AvgIpc) is 2.93. The van der Waals surface area contributed by atoms with Crippen LogP contribution in [-0.2, 0) is 6.42 Å². The average molecular weight is 225 g/mol. The second-order valence-electron chi connectivity index (χ2n) is 4.08. The number of H-pyrrole nitrogens is 1. The Labute approximate surface area is 98.9 Å². The lowest BCUT2D eigenvalue weighted by molar-refractivity contribution is 0.357. The van der Waals surface area contributed by atoms with Crippen LogP contribution >= 0.6 is 0 Å². The molecule has 0 saturated heterocycles. The Bertz CT molecular complexity index is 622. The number of ether oxygens (including phenoxy) is 1. The Morgan fingerprint density at radius 2 is 2.35 bits per heavy atom. The van der Waals surface area contributed by atoms with Crippen molar-refractivity contribution in [3.63, 3.8) is 0 Å². The number of nitrogens with zero attached hydrogens (tertiary/aromatic N) is 2. The zero-order valence-electron chi connectivity index (χ0n) is 9.45. The minimum absolute atomic E-state index is 0.446. The van der Waals surface area contributed by atoms with Crippen LogP contribution in [0.3, 0.4) is 0 Å². The molecule has 1 aromatic carbocycles. The van der Waals surface area contributed by atoms with E-state index in [-0.39, 0.29) is 0 Å². The minimum Gasteiger partial charge on any atom is -0.493 e. The SMILES string of the molecule is Cc1nc(C#N)c(-c2ccc3c(c2)CCO3)[nH]1. The molecule has 0 amide bonds. The summed E-state index contributed by atoms with van der Waals surface area (Å²) < 4.78 is 5.46. The topological polar surface area (TPSA) is 61.7 Å². The van der Waals surface area contributed by atoms with Crippen LogP contribution in [0.1, 0.15) is 17.1 Å². The number of fused-ring (bicyclic) bond motifs is 1. The van der Waals surface area contributed by atoms with Gasteiger partial charge in [0, 0.05) is 12.0 Å². The molecular weight excluding hydrogens is 214 g/mol. The summed E-state index contributed by atoms with van der Waals surface area (Å²) in [7, 11) is 0. The summed E-state index contributed by atoms with van der Waals surface area (Å²) in [4.78, 5) is 7.28. The van der Waals surface area contributed by atoms with Crippen LogP contribution in [0.5, 0.6) is 5.75 Å². The molecule has 1 aliphatic rings. The van der Waals surface area contributed by atoms with E-state index in [9.17, 15) is 0 Å². The van der Waals surface area contributed by atoms with E-state index in [0.29, 0.717) is 5.69 Å². The third-order valence-electron chi connectivity index (χ3n) is 2.91. The summed E-state index contributed by atoms with van der Waals surface area (Å²) in [6.45, 7) is 2.59. The predicted molar refractivity (Wildman–Crippen MR) is 62.7 cm³/mol. The second-order valence-corrected chi connectivity index (χ2v) is 4.08. The number of aromatic nitrogens is 2. The number of nitriles is 1. The first kappa shape index (κ1) is 9.91. The maximum atomic E-state index is 9.03. The van der Waals surface area contributed by atoms with E-state index in [1.165, 1.54) is 5.56 Å². The van der Waals surface area contributed by atoms with Crippen LogP contribution in [0, 0.1) is 18.3 Å².